The first-order valence-electron chi connectivity index (χ1n) is 11.1. The maximum atomic E-state index is 13.2. The number of nitrogens with zero attached hydrogens (tertiary/aromatic N) is 2. The molecule has 1 N–H and O–H groups in total. The number of nitrogens with one attached hydrogen (secondary N) is 1. The van der Waals surface area contributed by atoms with Gasteiger partial charge >= 0.3 is 0 Å². The molecule has 1 aliphatic heterocycles. The van der Waals surface area contributed by atoms with E-state index in [1.54, 1.807) is 26.4 Å². The molecular formula is C27H23Cl2N3O3. The molecule has 3 aromatic carbocycles. The number of rotatable bonds is 5. The number of hydrogen-bond donors (Lipinski definition) is 1. The van der Waals surface area contributed by atoms with Crippen LogP contribution in [-0.2, 0) is 13.0 Å². The zero-order valence-electron chi connectivity index (χ0n) is 19.3. The second-order valence-corrected chi connectivity index (χ2v) is 9.16. The number of aromatic amines is 1. The third-order valence-corrected chi connectivity index (χ3v) is 6.78. The standard InChI is InChI=1S/C27H23Cl2N3O3/c1-34-25-11-18-9-10-32(15-19(18)12-26(25)35-2)27(33)17-5-3-16(4-6-17)23-14-24(31-30-23)21-8-7-20(28)13-22(21)29/h3-8,11-14H,9-10,15H2,1-2H3,(H,30,31). The molecule has 1 aliphatic rings. The van der Waals surface area contributed by atoms with Gasteiger partial charge in [-0.15, -0.1) is 0 Å². The summed E-state index contributed by atoms with van der Waals surface area (Å²) >= 11 is 12.3. The molecule has 2 heterocycles. The van der Waals surface area contributed by atoms with Gasteiger partial charge < -0.3 is 14.4 Å². The van der Waals surface area contributed by atoms with Crippen molar-refractivity contribution in [1.82, 2.24) is 15.1 Å². The summed E-state index contributed by atoms with van der Waals surface area (Å²) in [5.41, 5.74) is 6.16. The van der Waals surface area contributed by atoms with Gasteiger partial charge in [-0.3, -0.25) is 9.89 Å². The van der Waals surface area contributed by atoms with Crippen LogP contribution in [0.2, 0.25) is 10.0 Å². The smallest absolute Gasteiger partial charge is 0.254 e. The first kappa shape index (κ1) is 23.3. The number of fused-ring (bicyclic) bond motifs is 1. The van der Waals surface area contributed by atoms with Gasteiger partial charge in [-0.1, -0.05) is 35.3 Å². The van der Waals surface area contributed by atoms with Crippen molar-refractivity contribution in [2.24, 2.45) is 0 Å². The molecule has 6 nitrogen and oxygen atoms in total. The van der Waals surface area contributed by atoms with Crippen LogP contribution in [0.4, 0.5) is 0 Å². The topological polar surface area (TPSA) is 67.5 Å². The molecule has 4 aromatic rings. The van der Waals surface area contributed by atoms with E-state index in [-0.39, 0.29) is 5.91 Å². The third kappa shape index (κ3) is 4.59. The van der Waals surface area contributed by atoms with Crippen LogP contribution in [0, 0.1) is 0 Å². The maximum absolute atomic E-state index is 13.2. The molecule has 0 saturated heterocycles. The van der Waals surface area contributed by atoms with E-state index in [2.05, 4.69) is 10.2 Å². The highest BCUT2D eigenvalue weighted by atomic mass is 35.5. The first-order chi connectivity index (χ1) is 17.0. The molecule has 8 heteroatoms. The zero-order valence-corrected chi connectivity index (χ0v) is 20.8. The fourth-order valence-electron chi connectivity index (χ4n) is 4.34. The van der Waals surface area contributed by atoms with Gasteiger partial charge in [0.1, 0.15) is 0 Å². The minimum absolute atomic E-state index is 0.00681. The van der Waals surface area contributed by atoms with Gasteiger partial charge in [0.2, 0.25) is 0 Å². The lowest BCUT2D eigenvalue weighted by Crippen LogP contribution is -2.36. The summed E-state index contributed by atoms with van der Waals surface area (Å²) in [6.07, 6.45) is 0.767. The summed E-state index contributed by atoms with van der Waals surface area (Å²) in [6, 6.07) is 18.7. The van der Waals surface area contributed by atoms with E-state index in [1.165, 1.54) is 5.56 Å². The SMILES string of the molecule is COc1cc2c(cc1OC)CN(C(=O)c1ccc(-c3cc(-c4ccc(Cl)cc4Cl)[nH]n3)cc1)CC2. The van der Waals surface area contributed by atoms with Crippen LogP contribution in [-0.4, -0.2) is 41.8 Å². The Morgan fingerprint density at radius 3 is 2.34 bits per heavy atom. The number of H-pyrrole nitrogens is 1. The predicted molar refractivity (Wildman–Crippen MR) is 137 cm³/mol. The number of amides is 1. The van der Waals surface area contributed by atoms with Crippen molar-refractivity contribution in [3.63, 3.8) is 0 Å². The number of carbonyl (C=O) groups excluding carboxylic acids is 1. The lowest BCUT2D eigenvalue weighted by Gasteiger charge is -2.29. The first-order valence-corrected chi connectivity index (χ1v) is 11.9. The van der Waals surface area contributed by atoms with E-state index < -0.39 is 0 Å². The van der Waals surface area contributed by atoms with Crippen LogP contribution < -0.4 is 9.47 Å². The normalized spacial score (nSPS) is 12.9. The number of benzene rings is 3. The van der Waals surface area contributed by atoms with Gasteiger partial charge in [0.25, 0.3) is 5.91 Å². The van der Waals surface area contributed by atoms with Crippen molar-refractivity contribution in [3.05, 3.63) is 87.4 Å². The van der Waals surface area contributed by atoms with Crippen LogP contribution in [0.1, 0.15) is 21.5 Å². The van der Waals surface area contributed by atoms with Gasteiger partial charge in [0, 0.05) is 34.8 Å². The number of halogens is 2. The van der Waals surface area contributed by atoms with Crippen LogP contribution in [0.25, 0.3) is 22.5 Å². The van der Waals surface area contributed by atoms with E-state index in [9.17, 15) is 4.79 Å². The lowest BCUT2D eigenvalue weighted by atomic mass is 9.98. The van der Waals surface area contributed by atoms with E-state index in [0.717, 1.165) is 34.5 Å². The van der Waals surface area contributed by atoms with Gasteiger partial charge in [-0.2, -0.15) is 5.10 Å². The molecule has 0 saturated carbocycles. The number of methoxy groups -OCH3 is 2. The molecule has 0 atom stereocenters. The second kappa shape index (κ2) is 9.64. The quantitative estimate of drug-likeness (QED) is 0.345. The van der Waals surface area contributed by atoms with Gasteiger partial charge in [-0.05, 0) is 66.1 Å². The minimum Gasteiger partial charge on any atom is -0.493 e. The van der Waals surface area contributed by atoms with Crippen LogP contribution >= 0.6 is 23.2 Å². The molecule has 0 unspecified atom stereocenters. The average Bonchev–Trinajstić information content (AvgIpc) is 3.37. The molecule has 0 radical (unpaired) electrons. The minimum atomic E-state index is -0.00681. The monoisotopic (exact) mass is 507 g/mol. The van der Waals surface area contributed by atoms with E-state index >= 15 is 0 Å². The Morgan fingerprint density at radius 2 is 1.66 bits per heavy atom. The summed E-state index contributed by atoms with van der Waals surface area (Å²) in [5.74, 6) is 1.37. The van der Waals surface area contributed by atoms with E-state index in [1.807, 2.05) is 53.4 Å². The Kier molecular flexibility index (Phi) is 6.41. The zero-order chi connectivity index (χ0) is 24.5. The van der Waals surface area contributed by atoms with Crippen molar-refractivity contribution in [1.29, 1.82) is 0 Å². The molecule has 0 aliphatic carbocycles. The molecule has 1 amide bonds. The molecule has 1 aromatic heterocycles. The van der Waals surface area contributed by atoms with Crippen molar-refractivity contribution >= 4 is 29.1 Å². The Morgan fingerprint density at radius 1 is 0.943 bits per heavy atom. The van der Waals surface area contributed by atoms with Crippen molar-refractivity contribution in [2.45, 2.75) is 13.0 Å². The van der Waals surface area contributed by atoms with Crippen molar-refractivity contribution in [3.8, 4) is 34.0 Å². The van der Waals surface area contributed by atoms with Crippen molar-refractivity contribution in [2.75, 3.05) is 20.8 Å². The number of carbonyl (C=O) groups is 1. The molecular weight excluding hydrogens is 485 g/mol. The summed E-state index contributed by atoms with van der Waals surface area (Å²) in [7, 11) is 3.24. The van der Waals surface area contributed by atoms with E-state index in [4.69, 9.17) is 32.7 Å². The highest BCUT2D eigenvalue weighted by molar-refractivity contribution is 6.36. The summed E-state index contributed by atoms with van der Waals surface area (Å²) < 4.78 is 10.8. The molecule has 0 spiro atoms. The Balaban J connectivity index is 1.32. The summed E-state index contributed by atoms with van der Waals surface area (Å²) in [6.45, 7) is 1.18. The Labute approximate surface area is 213 Å². The van der Waals surface area contributed by atoms with Gasteiger partial charge in [0.05, 0.1) is 30.6 Å². The molecule has 35 heavy (non-hydrogen) atoms. The summed E-state index contributed by atoms with van der Waals surface area (Å²) in [5, 5.41) is 8.56. The highest BCUT2D eigenvalue weighted by Crippen LogP contribution is 2.34. The Hall–Kier alpha value is -3.48. The number of aromatic nitrogens is 2. The van der Waals surface area contributed by atoms with Crippen LogP contribution in [0.5, 0.6) is 11.5 Å². The largest absolute Gasteiger partial charge is 0.493 e. The maximum Gasteiger partial charge on any atom is 0.254 e. The Bertz CT molecular complexity index is 1400. The fraction of sp³-hybridized carbons (Fsp3) is 0.185. The van der Waals surface area contributed by atoms with Crippen molar-refractivity contribution < 1.29 is 14.3 Å². The molecule has 178 valence electrons. The molecule has 0 fully saturated rings. The second-order valence-electron chi connectivity index (χ2n) is 8.32. The van der Waals surface area contributed by atoms with Crippen LogP contribution in [0.15, 0.2) is 60.7 Å². The van der Waals surface area contributed by atoms with Gasteiger partial charge in [0.15, 0.2) is 11.5 Å². The predicted octanol–water partition coefficient (Wildman–Crippen LogP) is 6.27. The highest BCUT2D eigenvalue weighted by Gasteiger charge is 2.24. The average molecular weight is 508 g/mol. The third-order valence-electron chi connectivity index (χ3n) is 6.23. The molecule has 5 rings (SSSR count). The summed E-state index contributed by atoms with van der Waals surface area (Å²) in [4.78, 5) is 15.1. The number of hydrogen-bond acceptors (Lipinski definition) is 4. The van der Waals surface area contributed by atoms with Gasteiger partial charge in [-0.25, -0.2) is 0 Å². The van der Waals surface area contributed by atoms with Crippen LogP contribution in [0.3, 0.4) is 0 Å². The number of ether oxygens (including phenoxy) is 2. The fourth-order valence-corrected chi connectivity index (χ4v) is 4.85. The molecule has 0 bridgehead atoms. The van der Waals surface area contributed by atoms with E-state index in [0.29, 0.717) is 40.2 Å². The lowest BCUT2D eigenvalue weighted by molar-refractivity contribution is 0.0734.